The van der Waals surface area contributed by atoms with Crippen LogP contribution >= 0.6 is 0 Å². The Balaban J connectivity index is 1.87. The summed E-state index contributed by atoms with van der Waals surface area (Å²) in [6, 6.07) is 0.505. The van der Waals surface area contributed by atoms with E-state index in [9.17, 15) is 9.18 Å². The fourth-order valence-corrected chi connectivity index (χ4v) is 2.07. The number of amides is 2. The maximum atomic E-state index is 13.4. The van der Waals surface area contributed by atoms with Gasteiger partial charge in [0.25, 0.3) is 0 Å². The van der Waals surface area contributed by atoms with Crippen LogP contribution in [0.4, 0.5) is 9.18 Å². The summed E-state index contributed by atoms with van der Waals surface area (Å²) in [4.78, 5) is 12.9. The molecule has 0 bridgehead atoms. The third-order valence-electron chi connectivity index (χ3n) is 2.95. The highest BCUT2D eigenvalue weighted by atomic mass is 19.1. The quantitative estimate of drug-likeness (QED) is 0.704. The molecule has 1 heterocycles. The first kappa shape index (κ1) is 10.7. The van der Waals surface area contributed by atoms with Gasteiger partial charge in [0.15, 0.2) is 0 Å². The summed E-state index contributed by atoms with van der Waals surface area (Å²) in [5, 5.41) is 5.91. The molecular weight excluding hydrogens is 197 g/mol. The number of halogens is 1. The van der Waals surface area contributed by atoms with Crippen molar-refractivity contribution in [3.8, 4) is 0 Å². The molecule has 15 heavy (non-hydrogen) atoms. The van der Waals surface area contributed by atoms with Crippen molar-refractivity contribution in [3.05, 3.63) is 0 Å². The zero-order chi connectivity index (χ0) is 10.8. The van der Waals surface area contributed by atoms with Gasteiger partial charge in [-0.2, -0.15) is 0 Å². The highest BCUT2D eigenvalue weighted by Gasteiger charge is 2.32. The molecule has 1 aliphatic carbocycles. The normalized spacial score (nSPS) is 31.5. The molecule has 2 N–H and O–H groups in total. The summed E-state index contributed by atoms with van der Waals surface area (Å²) < 4.78 is 13.4. The third kappa shape index (κ3) is 2.81. The van der Waals surface area contributed by atoms with Crippen molar-refractivity contribution in [3.63, 3.8) is 0 Å². The number of nitrogens with one attached hydrogen (secondary N) is 2. The predicted molar refractivity (Wildman–Crippen MR) is 55.5 cm³/mol. The summed E-state index contributed by atoms with van der Waals surface area (Å²) >= 11 is 0. The van der Waals surface area contributed by atoms with E-state index in [1.54, 1.807) is 11.9 Å². The average molecular weight is 215 g/mol. The second-order valence-electron chi connectivity index (χ2n) is 4.43. The van der Waals surface area contributed by atoms with E-state index in [-0.39, 0.29) is 18.6 Å². The van der Waals surface area contributed by atoms with Crippen molar-refractivity contribution in [1.29, 1.82) is 0 Å². The minimum absolute atomic E-state index is 0.124. The second kappa shape index (κ2) is 4.35. The summed E-state index contributed by atoms with van der Waals surface area (Å²) in [7, 11) is 1.58. The molecule has 1 saturated carbocycles. The number of hydrogen-bond donors (Lipinski definition) is 2. The van der Waals surface area contributed by atoms with Crippen LogP contribution in [0.25, 0.3) is 0 Å². The Labute approximate surface area is 89.2 Å². The van der Waals surface area contributed by atoms with E-state index in [0.29, 0.717) is 19.0 Å². The molecule has 86 valence electrons. The minimum Gasteiger partial charge on any atom is -0.341 e. The van der Waals surface area contributed by atoms with E-state index >= 15 is 0 Å². The van der Waals surface area contributed by atoms with E-state index < -0.39 is 6.17 Å². The van der Waals surface area contributed by atoms with Crippen molar-refractivity contribution in [2.75, 3.05) is 20.1 Å². The van der Waals surface area contributed by atoms with Gasteiger partial charge in [0.05, 0.1) is 6.54 Å². The van der Waals surface area contributed by atoms with Crippen LogP contribution in [0.5, 0.6) is 0 Å². The first-order valence-corrected chi connectivity index (χ1v) is 5.56. The van der Waals surface area contributed by atoms with Crippen LogP contribution in [-0.4, -0.2) is 49.3 Å². The second-order valence-corrected chi connectivity index (χ2v) is 4.43. The van der Waals surface area contributed by atoms with Crippen LogP contribution in [0, 0.1) is 0 Å². The highest BCUT2D eigenvalue weighted by Crippen LogP contribution is 2.22. The Kier molecular flexibility index (Phi) is 3.09. The molecular formula is C10H18FN3O. The first-order valence-electron chi connectivity index (χ1n) is 5.56. The molecule has 2 amide bonds. The van der Waals surface area contributed by atoms with E-state index in [4.69, 9.17) is 0 Å². The molecule has 2 aliphatic rings. The average Bonchev–Trinajstić information content (AvgIpc) is 2.99. The van der Waals surface area contributed by atoms with Crippen molar-refractivity contribution < 1.29 is 9.18 Å². The number of hydrogen-bond acceptors (Lipinski definition) is 2. The van der Waals surface area contributed by atoms with E-state index in [2.05, 4.69) is 10.6 Å². The van der Waals surface area contributed by atoms with Gasteiger partial charge in [-0.3, -0.25) is 0 Å². The van der Waals surface area contributed by atoms with Crippen LogP contribution in [0.1, 0.15) is 19.3 Å². The fraction of sp³-hybridized carbons (Fsp3) is 0.900. The molecule has 2 fully saturated rings. The van der Waals surface area contributed by atoms with Crippen LogP contribution in [0.2, 0.25) is 0 Å². The topological polar surface area (TPSA) is 44.4 Å². The fourth-order valence-electron chi connectivity index (χ4n) is 2.07. The lowest BCUT2D eigenvalue weighted by Gasteiger charge is -2.35. The number of piperidine rings is 1. The van der Waals surface area contributed by atoms with Gasteiger partial charge < -0.3 is 15.5 Å². The number of likely N-dealkylation sites (tertiary alicyclic amines) is 1. The molecule has 4 nitrogen and oxygen atoms in total. The minimum atomic E-state index is -0.896. The van der Waals surface area contributed by atoms with Gasteiger partial charge in [-0.05, 0) is 19.3 Å². The monoisotopic (exact) mass is 215 g/mol. The molecule has 0 aromatic rings. The van der Waals surface area contributed by atoms with Crippen molar-refractivity contribution in [2.24, 2.45) is 0 Å². The molecule has 1 saturated heterocycles. The Morgan fingerprint density at radius 1 is 1.33 bits per heavy atom. The van der Waals surface area contributed by atoms with Gasteiger partial charge in [-0.15, -0.1) is 0 Å². The Hall–Kier alpha value is -0.840. The van der Waals surface area contributed by atoms with E-state index in [1.165, 1.54) is 12.8 Å². The summed E-state index contributed by atoms with van der Waals surface area (Å²) in [6.45, 7) is 0.846. The third-order valence-corrected chi connectivity index (χ3v) is 2.95. The Morgan fingerprint density at radius 2 is 2.07 bits per heavy atom. The molecule has 0 radical (unpaired) electrons. The molecule has 0 spiro atoms. The zero-order valence-electron chi connectivity index (χ0n) is 9.00. The van der Waals surface area contributed by atoms with Crippen molar-refractivity contribution >= 4 is 6.03 Å². The standard InChI is InChI=1S/C10H18FN3O/c1-12-10(15)14-5-7(11)4-9(6-14)13-8-2-3-8/h7-9,13H,2-6H2,1H3,(H,12,15)/t7-,9+/m0/s1. The van der Waals surface area contributed by atoms with Gasteiger partial charge in [0.1, 0.15) is 6.17 Å². The summed E-state index contributed by atoms with van der Waals surface area (Å²) in [5.41, 5.74) is 0. The number of carbonyl (C=O) groups excluding carboxylic acids is 1. The maximum Gasteiger partial charge on any atom is 0.317 e. The molecule has 2 atom stereocenters. The van der Waals surface area contributed by atoms with Gasteiger partial charge in [0.2, 0.25) is 0 Å². The Bertz CT molecular complexity index is 243. The Morgan fingerprint density at radius 3 is 2.67 bits per heavy atom. The van der Waals surface area contributed by atoms with Crippen LogP contribution < -0.4 is 10.6 Å². The predicted octanol–water partition coefficient (Wildman–Crippen LogP) is 0.490. The molecule has 0 aromatic carbocycles. The number of alkyl halides is 1. The largest absolute Gasteiger partial charge is 0.341 e. The molecule has 5 heteroatoms. The van der Waals surface area contributed by atoms with Crippen molar-refractivity contribution in [1.82, 2.24) is 15.5 Å². The van der Waals surface area contributed by atoms with Gasteiger partial charge in [-0.1, -0.05) is 0 Å². The lowest BCUT2D eigenvalue weighted by Crippen LogP contribution is -2.54. The molecule has 0 unspecified atom stereocenters. The molecule has 2 rings (SSSR count). The van der Waals surface area contributed by atoms with Gasteiger partial charge in [-0.25, -0.2) is 9.18 Å². The lowest BCUT2D eigenvalue weighted by atomic mass is 10.0. The van der Waals surface area contributed by atoms with E-state index in [0.717, 1.165) is 0 Å². The lowest BCUT2D eigenvalue weighted by molar-refractivity contribution is 0.123. The SMILES string of the molecule is CNC(=O)N1C[C@@H](F)C[C@@H](NC2CC2)C1. The highest BCUT2D eigenvalue weighted by molar-refractivity contribution is 5.74. The van der Waals surface area contributed by atoms with Crippen LogP contribution in [0.3, 0.4) is 0 Å². The first-order chi connectivity index (χ1) is 7.19. The van der Waals surface area contributed by atoms with Crippen LogP contribution in [0.15, 0.2) is 0 Å². The molecule has 0 aromatic heterocycles. The smallest absolute Gasteiger partial charge is 0.317 e. The number of urea groups is 1. The van der Waals surface area contributed by atoms with Gasteiger partial charge in [0, 0.05) is 25.7 Å². The summed E-state index contributed by atoms with van der Waals surface area (Å²) in [5.74, 6) is 0. The number of carbonyl (C=O) groups is 1. The zero-order valence-corrected chi connectivity index (χ0v) is 9.00. The van der Waals surface area contributed by atoms with Gasteiger partial charge >= 0.3 is 6.03 Å². The van der Waals surface area contributed by atoms with E-state index in [1.807, 2.05) is 0 Å². The number of nitrogens with zero attached hydrogens (tertiary/aromatic N) is 1. The van der Waals surface area contributed by atoms with Crippen LogP contribution in [-0.2, 0) is 0 Å². The molecule has 1 aliphatic heterocycles. The summed E-state index contributed by atoms with van der Waals surface area (Å²) in [6.07, 6.45) is 2.01. The van der Waals surface area contributed by atoms with Crippen molar-refractivity contribution in [2.45, 2.75) is 37.5 Å². The number of rotatable bonds is 2. The maximum absolute atomic E-state index is 13.4.